The van der Waals surface area contributed by atoms with Crippen LogP contribution in [0.1, 0.15) is 5.56 Å². The number of carbonyl (C=O) groups is 1. The zero-order chi connectivity index (χ0) is 33.4. The van der Waals surface area contributed by atoms with Crippen LogP contribution in [0.4, 0.5) is 31.4 Å². The Hall–Kier alpha value is -4.47. The predicted molar refractivity (Wildman–Crippen MR) is 176 cm³/mol. The van der Waals surface area contributed by atoms with Gasteiger partial charge in [-0.25, -0.2) is 26.9 Å². The van der Waals surface area contributed by atoms with Crippen LogP contribution in [0, 0.1) is 5.82 Å². The average molecular weight is 694 g/mol. The van der Waals surface area contributed by atoms with Gasteiger partial charge in [0.2, 0.25) is 0 Å². The van der Waals surface area contributed by atoms with E-state index in [0.717, 1.165) is 27.8 Å². The van der Waals surface area contributed by atoms with Crippen LogP contribution in [0.3, 0.4) is 0 Å². The minimum atomic E-state index is -4.52. The van der Waals surface area contributed by atoms with Gasteiger partial charge in [-0.3, -0.25) is 0 Å². The van der Waals surface area contributed by atoms with Gasteiger partial charge in [0.05, 0.1) is 56.5 Å². The van der Waals surface area contributed by atoms with E-state index in [-0.39, 0.29) is 29.0 Å². The van der Waals surface area contributed by atoms with Gasteiger partial charge in [0.1, 0.15) is 34.6 Å². The van der Waals surface area contributed by atoms with Crippen LogP contribution in [0.5, 0.6) is 17.2 Å². The Labute approximate surface area is 275 Å². The highest BCUT2D eigenvalue weighted by molar-refractivity contribution is 7.93. The monoisotopic (exact) mass is 693 g/mol. The minimum absolute atomic E-state index is 0.0477. The van der Waals surface area contributed by atoms with Gasteiger partial charge in [-0.1, -0.05) is 11.6 Å². The zero-order valence-electron chi connectivity index (χ0n) is 25.7. The van der Waals surface area contributed by atoms with Crippen molar-refractivity contribution in [2.75, 3.05) is 63.1 Å². The van der Waals surface area contributed by atoms with E-state index in [9.17, 15) is 13.2 Å². The second-order valence-electron chi connectivity index (χ2n) is 9.58. The summed E-state index contributed by atoms with van der Waals surface area (Å²) >= 11 is 7.67. The molecule has 0 bridgehead atoms. The van der Waals surface area contributed by atoms with Gasteiger partial charge in [0, 0.05) is 49.4 Å². The first-order valence-corrected chi connectivity index (χ1v) is 16.3. The summed E-state index contributed by atoms with van der Waals surface area (Å²) in [5, 5.41) is 7.17. The normalized spacial score (nSPS) is 11.0. The Morgan fingerprint density at radius 3 is 2.39 bits per heavy atom. The molecule has 0 fully saturated rings. The fourth-order valence-electron chi connectivity index (χ4n) is 4.35. The van der Waals surface area contributed by atoms with Crippen molar-refractivity contribution in [3.63, 3.8) is 0 Å². The summed E-state index contributed by atoms with van der Waals surface area (Å²) in [5.74, 6) is 0.426. The topological polar surface area (TPSA) is 132 Å². The van der Waals surface area contributed by atoms with Crippen LogP contribution in [0.2, 0.25) is 5.02 Å². The van der Waals surface area contributed by atoms with Gasteiger partial charge < -0.3 is 34.5 Å². The number of ether oxygens (including phenoxy) is 4. The maximum atomic E-state index is 15.8. The second kappa shape index (κ2) is 15.2. The number of nitrogens with one attached hydrogen (secondary N) is 2. The lowest BCUT2D eigenvalue weighted by Crippen LogP contribution is -2.31. The molecule has 12 nitrogen and oxygen atoms in total. The zero-order valence-corrected chi connectivity index (χ0v) is 28.1. The number of likely N-dealkylation sites (N-methyl/N-ethyl adjacent to an activating group) is 1. The molecule has 0 saturated carbocycles. The SMILES string of the molecule is CNC(=O)OCCN(C)c1cc(OC)ccc1Nc1cc(F)c(S(=O)(=O)N(Cc2ccc(OC)cc2OC)c2nccs2)cc1Cl. The molecule has 2 N–H and O–H groups in total. The molecule has 0 atom stereocenters. The number of sulfonamides is 1. The first-order chi connectivity index (χ1) is 22.0. The number of amides is 1. The second-order valence-corrected chi connectivity index (χ2v) is 12.7. The Kier molecular flexibility index (Phi) is 11.4. The van der Waals surface area contributed by atoms with Gasteiger partial charge in [0.25, 0.3) is 10.0 Å². The summed E-state index contributed by atoms with van der Waals surface area (Å²) in [6.07, 6.45) is 0.893. The van der Waals surface area contributed by atoms with E-state index >= 15 is 4.39 Å². The van der Waals surface area contributed by atoms with Crippen molar-refractivity contribution in [3.05, 3.63) is 76.5 Å². The largest absolute Gasteiger partial charge is 0.497 e. The number of anilines is 4. The van der Waals surface area contributed by atoms with Gasteiger partial charge in [-0.2, -0.15) is 0 Å². The van der Waals surface area contributed by atoms with E-state index < -0.39 is 26.8 Å². The lowest BCUT2D eigenvalue weighted by molar-refractivity contribution is 0.151. The molecular weight excluding hydrogens is 661 g/mol. The smallest absolute Gasteiger partial charge is 0.406 e. The lowest BCUT2D eigenvalue weighted by Gasteiger charge is -2.25. The molecule has 16 heteroatoms. The number of hydrogen-bond donors (Lipinski definition) is 2. The first kappa shape index (κ1) is 34.4. The molecule has 4 rings (SSSR count). The van der Waals surface area contributed by atoms with Crippen molar-refractivity contribution >= 4 is 61.2 Å². The van der Waals surface area contributed by atoms with E-state index in [4.69, 9.17) is 30.5 Å². The summed E-state index contributed by atoms with van der Waals surface area (Å²) in [5.41, 5.74) is 1.76. The van der Waals surface area contributed by atoms with E-state index in [1.165, 1.54) is 34.6 Å². The highest BCUT2D eigenvalue weighted by Crippen LogP contribution is 2.38. The fraction of sp³-hybridized carbons (Fsp3) is 0.267. The maximum Gasteiger partial charge on any atom is 0.406 e. The third-order valence-corrected chi connectivity index (χ3v) is 9.75. The van der Waals surface area contributed by atoms with Crippen LogP contribution in [-0.4, -0.2) is 68.1 Å². The van der Waals surface area contributed by atoms with Crippen molar-refractivity contribution in [3.8, 4) is 17.2 Å². The molecule has 0 aliphatic carbocycles. The fourth-order valence-corrected chi connectivity index (χ4v) is 6.96. The summed E-state index contributed by atoms with van der Waals surface area (Å²) in [6.45, 7) is 0.206. The molecule has 1 aromatic heterocycles. The quantitative estimate of drug-likeness (QED) is 0.165. The lowest BCUT2D eigenvalue weighted by atomic mass is 10.2. The van der Waals surface area contributed by atoms with E-state index in [1.807, 2.05) is 0 Å². The van der Waals surface area contributed by atoms with E-state index in [2.05, 4.69) is 15.6 Å². The Morgan fingerprint density at radius 1 is 1.02 bits per heavy atom. The van der Waals surface area contributed by atoms with Crippen molar-refractivity contribution in [2.45, 2.75) is 11.4 Å². The average Bonchev–Trinajstić information content (AvgIpc) is 3.59. The van der Waals surface area contributed by atoms with Crippen molar-refractivity contribution in [2.24, 2.45) is 0 Å². The van der Waals surface area contributed by atoms with Crippen LogP contribution in [0.15, 0.2) is 65.0 Å². The summed E-state index contributed by atoms with van der Waals surface area (Å²) < 4.78 is 66.0. The number of hydrogen-bond acceptors (Lipinski definition) is 11. The number of carbonyl (C=O) groups excluding carboxylic acids is 1. The standard InChI is InChI=1S/C30H33ClFN5O7S2/c1-33-30(38)44-12-11-36(2)26-14-20(41-3)8-9-24(26)35-25-17-23(32)28(16-22(25)31)46(39,40)37(29-34-10-13-45-29)18-19-6-7-21(42-4)15-27(19)43-5/h6-10,13-17,35H,11-12,18H2,1-5H3,(H,33,38). The highest BCUT2D eigenvalue weighted by atomic mass is 35.5. The van der Waals surface area contributed by atoms with Crippen LogP contribution in [0.25, 0.3) is 0 Å². The number of halogens is 2. The summed E-state index contributed by atoms with van der Waals surface area (Å²) in [7, 11) is 3.20. The Balaban J connectivity index is 1.67. The first-order valence-electron chi connectivity index (χ1n) is 13.6. The number of methoxy groups -OCH3 is 3. The summed E-state index contributed by atoms with van der Waals surface area (Å²) in [6, 6.07) is 12.2. The molecule has 0 saturated heterocycles. The number of thiazole rings is 1. The Bertz CT molecular complexity index is 1780. The molecule has 1 amide bonds. The molecule has 1 heterocycles. The predicted octanol–water partition coefficient (Wildman–Crippen LogP) is 5.89. The molecule has 0 unspecified atom stereocenters. The van der Waals surface area contributed by atoms with Gasteiger partial charge >= 0.3 is 6.09 Å². The molecule has 0 aliphatic heterocycles. The van der Waals surface area contributed by atoms with Crippen molar-refractivity contribution in [1.82, 2.24) is 10.3 Å². The van der Waals surface area contributed by atoms with Gasteiger partial charge in [-0.15, -0.1) is 11.3 Å². The number of aromatic nitrogens is 1. The summed E-state index contributed by atoms with van der Waals surface area (Å²) in [4.78, 5) is 16.8. The molecule has 0 spiro atoms. The number of alkyl carbamates (subject to hydrolysis) is 1. The van der Waals surface area contributed by atoms with Crippen LogP contribution in [-0.2, 0) is 21.3 Å². The van der Waals surface area contributed by atoms with E-state index in [1.54, 1.807) is 53.7 Å². The number of nitrogens with zero attached hydrogens (tertiary/aromatic N) is 3. The van der Waals surface area contributed by atoms with Gasteiger partial charge in [0.15, 0.2) is 5.13 Å². The van der Waals surface area contributed by atoms with Gasteiger partial charge in [-0.05, 0) is 30.3 Å². The third-order valence-electron chi connectivity index (χ3n) is 6.78. The van der Waals surface area contributed by atoms with Crippen molar-refractivity contribution < 1.29 is 36.6 Å². The Morgan fingerprint density at radius 2 is 1.74 bits per heavy atom. The van der Waals surface area contributed by atoms with Crippen molar-refractivity contribution in [1.29, 1.82) is 0 Å². The maximum absolute atomic E-state index is 15.8. The highest BCUT2D eigenvalue weighted by Gasteiger charge is 2.32. The molecule has 0 radical (unpaired) electrons. The molecule has 46 heavy (non-hydrogen) atoms. The number of benzene rings is 3. The molecule has 3 aromatic carbocycles. The van der Waals surface area contributed by atoms with Crippen LogP contribution >= 0.6 is 22.9 Å². The number of rotatable bonds is 14. The third kappa shape index (κ3) is 7.84. The molecule has 0 aliphatic rings. The molecular formula is C30H33ClFN5O7S2. The van der Waals surface area contributed by atoms with E-state index in [0.29, 0.717) is 40.7 Å². The minimum Gasteiger partial charge on any atom is -0.497 e. The van der Waals surface area contributed by atoms with Crippen LogP contribution < -0.4 is 34.0 Å². The molecule has 4 aromatic rings. The molecule has 246 valence electrons.